The van der Waals surface area contributed by atoms with Crippen molar-refractivity contribution in [3.8, 4) is 11.8 Å². The summed E-state index contributed by atoms with van der Waals surface area (Å²) < 4.78 is 18.1. The molecule has 1 unspecified atom stereocenters. The summed E-state index contributed by atoms with van der Waals surface area (Å²) in [5, 5.41) is 11.9. The molecule has 0 bridgehead atoms. The number of ether oxygens (including phenoxy) is 1. The van der Waals surface area contributed by atoms with Gasteiger partial charge in [0, 0.05) is 17.8 Å². The van der Waals surface area contributed by atoms with Crippen molar-refractivity contribution < 1.29 is 9.13 Å². The van der Waals surface area contributed by atoms with Gasteiger partial charge in [0.1, 0.15) is 17.6 Å². The predicted molar refractivity (Wildman–Crippen MR) is 80.7 cm³/mol. The number of benzene rings is 2. The first-order valence-corrected chi connectivity index (χ1v) is 6.78. The molecule has 0 spiro atoms. The number of rotatable bonds is 6. The number of hydrogen-bond acceptors (Lipinski definition) is 3. The molecule has 2 aromatic carbocycles. The highest BCUT2D eigenvalue weighted by atomic mass is 19.1. The molecule has 2 rings (SSSR count). The first kappa shape index (κ1) is 14.9. The van der Waals surface area contributed by atoms with Gasteiger partial charge in [0.2, 0.25) is 0 Å². The molecule has 3 nitrogen and oxygen atoms in total. The van der Waals surface area contributed by atoms with E-state index in [1.165, 1.54) is 12.1 Å². The van der Waals surface area contributed by atoms with Crippen molar-refractivity contribution in [1.82, 2.24) is 0 Å². The highest BCUT2D eigenvalue weighted by Crippen LogP contribution is 2.19. The van der Waals surface area contributed by atoms with Crippen LogP contribution in [0.2, 0.25) is 0 Å². The van der Waals surface area contributed by atoms with Crippen molar-refractivity contribution in [2.45, 2.75) is 19.4 Å². The van der Waals surface area contributed by atoms with Crippen molar-refractivity contribution in [3.05, 3.63) is 59.9 Å². The molecule has 0 aliphatic rings. The van der Waals surface area contributed by atoms with Crippen molar-refractivity contribution in [2.24, 2.45) is 0 Å². The Labute approximate surface area is 124 Å². The SMILES string of the molecule is CC(Cc1ccc(F)cc1)Nc1cccc(OCC#N)c1. The van der Waals surface area contributed by atoms with Crippen LogP contribution in [0.3, 0.4) is 0 Å². The van der Waals surface area contributed by atoms with Gasteiger partial charge in [-0.15, -0.1) is 0 Å². The quantitative estimate of drug-likeness (QED) is 0.878. The zero-order valence-electron chi connectivity index (χ0n) is 11.8. The molecule has 21 heavy (non-hydrogen) atoms. The van der Waals surface area contributed by atoms with Crippen molar-refractivity contribution in [3.63, 3.8) is 0 Å². The summed E-state index contributed by atoms with van der Waals surface area (Å²) in [5.74, 6) is 0.442. The van der Waals surface area contributed by atoms with Crippen LogP contribution in [-0.4, -0.2) is 12.6 Å². The van der Waals surface area contributed by atoms with E-state index in [4.69, 9.17) is 10.00 Å². The van der Waals surface area contributed by atoms with Crippen molar-refractivity contribution in [2.75, 3.05) is 11.9 Å². The molecule has 0 radical (unpaired) electrons. The molecule has 0 saturated carbocycles. The van der Waals surface area contributed by atoms with Gasteiger partial charge >= 0.3 is 0 Å². The zero-order valence-corrected chi connectivity index (χ0v) is 11.8. The summed E-state index contributed by atoms with van der Waals surface area (Å²) >= 11 is 0. The monoisotopic (exact) mass is 284 g/mol. The maximum atomic E-state index is 12.9. The van der Waals surface area contributed by atoms with Crippen molar-refractivity contribution in [1.29, 1.82) is 5.26 Å². The predicted octanol–water partition coefficient (Wildman–Crippen LogP) is 3.77. The van der Waals surface area contributed by atoms with Gasteiger partial charge in [0.25, 0.3) is 0 Å². The summed E-state index contributed by atoms with van der Waals surface area (Å²) in [6, 6.07) is 16.2. The third-order valence-electron chi connectivity index (χ3n) is 3.01. The number of hydrogen-bond donors (Lipinski definition) is 1. The smallest absolute Gasteiger partial charge is 0.174 e. The van der Waals surface area contributed by atoms with E-state index < -0.39 is 0 Å². The molecule has 0 fully saturated rings. The first-order valence-electron chi connectivity index (χ1n) is 6.78. The third kappa shape index (κ3) is 4.81. The second-order valence-electron chi connectivity index (χ2n) is 4.85. The van der Waals surface area contributed by atoms with E-state index in [2.05, 4.69) is 12.2 Å². The Bertz CT molecular complexity index is 619. The van der Waals surface area contributed by atoms with Crippen LogP contribution in [0.15, 0.2) is 48.5 Å². The van der Waals surface area contributed by atoms with E-state index >= 15 is 0 Å². The van der Waals surface area contributed by atoms with Gasteiger partial charge in [-0.25, -0.2) is 4.39 Å². The highest BCUT2D eigenvalue weighted by molar-refractivity contribution is 5.49. The summed E-state index contributed by atoms with van der Waals surface area (Å²) in [6.45, 7) is 2.10. The highest BCUT2D eigenvalue weighted by Gasteiger charge is 2.05. The fourth-order valence-corrected chi connectivity index (χ4v) is 2.10. The van der Waals surface area contributed by atoms with E-state index in [0.29, 0.717) is 5.75 Å². The van der Waals surface area contributed by atoms with Gasteiger partial charge in [0.05, 0.1) is 0 Å². The van der Waals surface area contributed by atoms with E-state index in [0.717, 1.165) is 17.7 Å². The van der Waals surface area contributed by atoms with Crippen LogP contribution in [0.1, 0.15) is 12.5 Å². The third-order valence-corrected chi connectivity index (χ3v) is 3.01. The summed E-state index contributed by atoms with van der Waals surface area (Å²) in [6.07, 6.45) is 0.795. The molecular weight excluding hydrogens is 267 g/mol. The van der Waals surface area contributed by atoms with Crippen LogP contribution in [0, 0.1) is 17.1 Å². The van der Waals surface area contributed by atoms with Crippen LogP contribution in [0.4, 0.5) is 10.1 Å². The molecule has 0 aromatic heterocycles. The Balaban J connectivity index is 1.94. The average molecular weight is 284 g/mol. The van der Waals surface area contributed by atoms with Crippen LogP contribution in [-0.2, 0) is 6.42 Å². The van der Waals surface area contributed by atoms with E-state index in [9.17, 15) is 4.39 Å². The molecule has 108 valence electrons. The van der Waals surface area contributed by atoms with Crippen LogP contribution >= 0.6 is 0 Å². The summed E-state index contributed by atoms with van der Waals surface area (Å²) in [4.78, 5) is 0. The number of nitrogens with zero attached hydrogens (tertiary/aromatic N) is 1. The van der Waals surface area contributed by atoms with Crippen LogP contribution in [0.25, 0.3) is 0 Å². The number of anilines is 1. The average Bonchev–Trinajstić information content (AvgIpc) is 2.48. The molecule has 0 heterocycles. The lowest BCUT2D eigenvalue weighted by Crippen LogP contribution is -2.18. The number of nitriles is 1. The van der Waals surface area contributed by atoms with Gasteiger partial charge in [0.15, 0.2) is 6.61 Å². The summed E-state index contributed by atoms with van der Waals surface area (Å²) in [7, 11) is 0. The topological polar surface area (TPSA) is 45.0 Å². The normalized spacial score (nSPS) is 11.5. The minimum absolute atomic E-state index is 0.0363. The Kier molecular flexibility index (Phi) is 5.16. The van der Waals surface area contributed by atoms with Gasteiger partial charge in [-0.3, -0.25) is 0 Å². The standard InChI is InChI=1S/C17H17FN2O/c1-13(11-14-5-7-15(18)8-6-14)20-16-3-2-4-17(12-16)21-10-9-19/h2-8,12-13,20H,10-11H2,1H3. The van der Waals surface area contributed by atoms with Gasteiger partial charge < -0.3 is 10.1 Å². The van der Waals surface area contributed by atoms with E-state index in [1.807, 2.05) is 30.3 Å². The second-order valence-corrected chi connectivity index (χ2v) is 4.85. The van der Waals surface area contributed by atoms with Crippen LogP contribution < -0.4 is 10.1 Å². The van der Waals surface area contributed by atoms with E-state index in [-0.39, 0.29) is 18.5 Å². The van der Waals surface area contributed by atoms with Gasteiger partial charge in [-0.2, -0.15) is 5.26 Å². The molecule has 2 aromatic rings. The first-order chi connectivity index (χ1) is 10.2. The second kappa shape index (κ2) is 7.30. The van der Waals surface area contributed by atoms with Gasteiger partial charge in [-0.1, -0.05) is 18.2 Å². The largest absolute Gasteiger partial charge is 0.479 e. The molecule has 0 amide bonds. The molecule has 4 heteroatoms. The minimum Gasteiger partial charge on any atom is -0.479 e. The fraction of sp³-hybridized carbons (Fsp3) is 0.235. The molecule has 1 atom stereocenters. The molecule has 1 N–H and O–H groups in total. The lowest BCUT2D eigenvalue weighted by molar-refractivity contribution is 0.368. The molecule has 0 aliphatic heterocycles. The minimum atomic E-state index is -0.221. The maximum Gasteiger partial charge on any atom is 0.174 e. The Hall–Kier alpha value is -2.54. The zero-order chi connectivity index (χ0) is 15.1. The molecule has 0 saturated heterocycles. The maximum absolute atomic E-state index is 12.9. The fourth-order valence-electron chi connectivity index (χ4n) is 2.10. The Morgan fingerprint density at radius 1 is 1.24 bits per heavy atom. The lowest BCUT2D eigenvalue weighted by atomic mass is 10.1. The molecule has 0 aliphatic carbocycles. The van der Waals surface area contributed by atoms with E-state index in [1.54, 1.807) is 12.1 Å². The summed E-state index contributed by atoms with van der Waals surface area (Å²) in [5.41, 5.74) is 2.01. The van der Waals surface area contributed by atoms with Crippen LogP contribution in [0.5, 0.6) is 5.75 Å². The molecular formula is C17H17FN2O. The van der Waals surface area contributed by atoms with Gasteiger partial charge in [-0.05, 0) is 43.2 Å². The lowest BCUT2D eigenvalue weighted by Gasteiger charge is -2.16. The van der Waals surface area contributed by atoms with Crippen molar-refractivity contribution >= 4 is 5.69 Å². The Morgan fingerprint density at radius 2 is 2.00 bits per heavy atom. The Morgan fingerprint density at radius 3 is 2.71 bits per heavy atom. The number of halogens is 1. The number of nitrogens with one attached hydrogen (secondary N) is 1.